The van der Waals surface area contributed by atoms with Gasteiger partial charge in [0.1, 0.15) is 5.75 Å². The van der Waals surface area contributed by atoms with Crippen LogP contribution in [0.1, 0.15) is 58.4 Å². The molecule has 180 valence electrons. The zero-order chi connectivity index (χ0) is 23.6. The number of ether oxygens (including phenoxy) is 5. The summed E-state index contributed by atoms with van der Waals surface area (Å²) >= 11 is 0. The van der Waals surface area contributed by atoms with Crippen LogP contribution in [0.2, 0.25) is 0 Å². The van der Waals surface area contributed by atoms with Crippen molar-refractivity contribution in [2.45, 2.75) is 65.4 Å². The van der Waals surface area contributed by atoms with Gasteiger partial charge < -0.3 is 23.7 Å². The van der Waals surface area contributed by atoms with Crippen molar-refractivity contribution >= 4 is 17.9 Å². The topological polar surface area (TPSA) is 97.4 Å². The van der Waals surface area contributed by atoms with Crippen molar-refractivity contribution in [1.82, 2.24) is 0 Å². The Morgan fingerprint density at radius 3 is 2.34 bits per heavy atom. The zero-order valence-corrected chi connectivity index (χ0v) is 19.4. The van der Waals surface area contributed by atoms with E-state index in [1.807, 2.05) is 24.3 Å². The smallest absolute Gasteiger partial charge is 0.335 e. The molecule has 0 amide bonds. The van der Waals surface area contributed by atoms with Gasteiger partial charge in [0.05, 0.1) is 26.4 Å². The molecule has 32 heavy (non-hydrogen) atoms. The Kier molecular flexibility index (Phi) is 14.6. The van der Waals surface area contributed by atoms with E-state index in [0.717, 1.165) is 24.8 Å². The minimum Gasteiger partial charge on any atom is -0.494 e. The van der Waals surface area contributed by atoms with Gasteiger partial charge in [0.15, 0.2) is 6.10 Å². The van der Waals surface area contributed by atoms with Crippen molar-refractivity contribution in [3.63, 3.8) is 0 Å². The van der Waals surface area contributed by atoms with Gasteiger partial charge in [-0.25, -0.2) is 4.79 Å². The number of benzene rings is 1. The third-order valence-corrected chi connectivity index (χ3v) is 4.38. The van der Waals surface area contributed by atoms with Crippen molar-refractivity contribution in [3.8, 4) is 5.75 Å². The van der Waals surface area contributed by atoms with Crippen LogP contribution in [0.3, 0.4) is 0 Å². The molecule has 1 unspecified atom stereocenters. The van der Waals surface area contributed by atoms with Gasteiger partial charge in [-0.2, -0.15) is 0 Å². The molecular weight excluding hydrogens is 416 g/mol. The lowest BCUT2D eigenvalue weighted by atomic mass is 10.1. The molecule has 1 aromatic rings. The molecule has 1 atom stereocenters. The second-order valence-electron chi connectivity index (χ2n) is 7.12. The third kappa shape index (κ3) is 12.9. The molecular formula is C24H36O8. The van der Waals surface area contributed by atoms with Crippen LogP contribution in [0.4, 0.5) is 0 Å². The van der Waals surface area contributed by atoms with Gasteiger partial charge >= 0.3 is 17.9 Å². The summed E-state index contributed by atoms with van der Waals surface area (Å²) < 4.78 is 26.5. The molecule has 0 N–H and O–H groups in total. The van der Waals surface area contributed by atoms with Crippen LogP contribution in [0, 0.1) is 0 Å². The van der Waals surface area contributed by atoms with E-state index >= 15 is 0 Å². The highest BCUT2D eigenvalue weighted by Gasteiger charge is 2.21. The fourth-order valence-corrected chi connectivity index (χ4v) is 2.88. The van der Waals surface area contributed by atoms with E-state index in [2.05, 4.69) is 0 Å². The molecule has 0 saturated carbocycles. The lowest BCUT2D eigenvalue weighted by molar-refractivity contribution is -0.156. The average molecular weight is 453 g/mol. The summed E-state index contributed by atoms with van der Waals surface area (Å²) in [5, 5.41) is 0. The first-order valence-electron chi connectivity index (χ1n) is 11.2. The summed E-state index contributed by atoms with van der Waals surface area (Å²) in [5.74, 6) is -0.243. The largest absolute Gasteiger partial charge is 0.494 e. The lowest BCUT2D eigenvalue weighted by Gasteiger charge is -2.17. The zero-order valence-electron chi connectivity index (χ0n) is 19.4. The van der Waals surface area contributed by atoms with Crippen LogP contribution in [0.25, 0.3) is 0 Å². The maximum Gasteiger partial charge on any atom is 0.335 e. The average Bonchev–Trinajstić information content (AvgIpc) is 2.75. The molecule has 0 aliphatic rings. The molecule has 0 aromatic heterocycles. The third-order valence-electron chi connectivity index (χ3n) is 4.38. The van der Waals surface area contributed by atoms with E-state index in [1.54, 1.807) is 13.8 Å². The Hall–Kier alpha value is -2.61. The van der Waals surface area contributed by atoms with Crippen molar-refractivity contribution in [2.24, 2.45) is 0 Å². The molecule has 0 spiro atoms. The SMILES string of the molecule is CCOC(=O)CCCOc1cccc(CC(OCCCCCOC(C)=O)C(=O)OCC)c1. The number of carbonyl (C=O) groups is 3. The first-order chi connectivity index (χ1) is 15.5. The van der Waals surface area contributed by atoms with Crippen LogP contribution in [0.5, 0.6) is 5.75 Å². The first-order valence-corrected chi connectivity index (χ1v) is 11.2. The summed E-state index contributed by atoms with van der Waals surface area (Å²) in [4.78, 5) is 34.5. The molecule has 1 aromatic carbocycles. The predicted molar refractivity (Wildman–Crippen MR) is 118 cm³/mol. The number of rotatable bonds is 17. The summed E-state index contributed by atoms with van der Waals surface area (Å²) in [5.41, 5.74) is 0.890. The second kappa shape index (κ2) is 17.0. The molecule has 0 aliphatic heterocycles. The van der Waals surface area contributed by atoms with E-state index in [4.69, 9.17) is 23.7 Å². The number of carbonyl (C=O) groups excluding carboxylic acids is 3. The standard InChI is InChI=1S/C24H36O8/c1-4-28-23(26)13-10-16-31-21-12-9-11-20(17-21)18-22(24(27)29-5-2)32-15-8-6-7-14-30-19(3)25/h9,11-12,17,22H,4-8,10,13-16,18H2,1-3H3. The monoisotopic (exact) mass is 452 g/mol. The Balaban J connectivity index is 2.49. The van der Waals surface area contributed by atoms with Gasteiger partial charge in [-0.3, -0.25) is 9.59 Å². The molecule has 0 fully saturated rings. The predicted octanol–water partition coefficient (Wildman–Crippen LogP) is 3.63. The number of esters is 3. The molecule has 0 heterocycles. The second-order valence-corrected chi connectivity index (χ2v) is 7.12. The molecule has 1 rings (SSSR count). The highest BCUT2D eigenvalue weighted by molar-refractivity contribution is 5.75. The van der Waals surface area contributed by atoms with Gasteiger partial charge in [-0.15, -0.1) is 0 Å². The maximum atomic E-state index is 12.3. The van der Waals surface area contributed by atoms with Gasteiger partial charge in [0.2, 0.25) is 0 Å². The Bertz CT molecular complexity index is 688. The Labute approximate surface area is 190 Å². The van der Waals surface area contributed by atoms with E-state index in [9.17, 15) is 14.4 Å². The first kappa shape index (κ1) is 27.4. The van der Waals surface area contributed by atoms with Crippen LogP contribution in [0.15, 0.2) is 24.3 Å². The van der Waals surface area contributed by atoms with Crippen molar-refractivity contribution in [2.75, 3.05) is 33.0 Å². The van der Waals surface area contributed by atoms with Crippen molar-refractivity contribution < 1.29 is 38.1 Å². The molecule has 8 heteroatoms. The van der Waals surface area contributed by atoms with Crippen LogP contribution >= 0.6 is 0 Å². The van der Waals surface area contributed by atoms with Gasteiger partial charge in [-0.05, 0) is 57.2 Å². The molecule has 0 radical (unpaired) electrons. The summed E-state index contributed by atoms with van der Waals surface area (Å²) in [6.45, 7) is 6.78. The van der Waals surface area contributed by atoms with Crippen molar-refractivity contribution in [1.29, 1.82) is 0 Å². The van der Waals surface area contributed by atoms with E-state index in [0.29, 0.717) is 51.4 Å². The normalized spacial score (nSPS) is 11.5. The number of hydrogen-bond donors (Lipinski definition) is 0. The Morgan fingerprint density at radius 2 is 1.62 bits per heavy atom. The highest BCUT2D eigenvalue weighted by Crippen LogP contribution is 2.17. The minimum atomic E-state index is -0.706. The quantitative estimate of drug-likeness (QED) is 0.201. The van der Waals surface area contributed by atoms with E-state index in [-0.39, 0.29) is 18.5 Å². The van der Waals surface area contributed by atoms with Crippen LogP contribution in [-0.4, -0.2) is 57.0 Å². The van der Waals surface area contributed by atoms with E-state index < -0.39 is 12.1 Å². The molecule has 0 bridgehead atoms. The van der Waals surface area contributed by atoms with Gasteiger partial charge in [-0.1, -0.05) is 12.1 Å². The minimum absolute atomic E-state index is 0.231. The fraction of sp³-hybridized carbons (Fsp3) is 0.625. The lowest BCUT2D eigenvalue weighted by Crippen LogP contribution is -2.29. The van der Waals surface area contributed by atoms with Crippen LogP contribution in [-0.2, 0) is 39.8 Å². The summed E-state index contributed by atoms with van der Waals surface area (Å²) in [6.07, 6.45) is 2.87. The summed E-state index contributed by atoms with van der Waals surface area (Å²) in [7, 11) is 0. The Morgan fingerprint density at radius 1 is 0.875 bits per heavy atom. The number of hydrogen-bond acceptors (Lipinski definition) is 8. The van der Waals surface area contributed by atoms with Gasteiger partial charge in [0, 0.05) is 26.4 Å². The van der Waals surface area contributed by atoms with Crippen LogP contribution < -0.4 is 4.74 Å². The maximum absolute atomic E-state index is 12.3. The van der Waals surface area contributed by atoms with Gasteiger partial charge in [0.25, 0.3) is 0 Å². The molecule has 8 nitrogen and oxygen atoms in total. The molecule has 0 saturated heterocycles. The molecule has 0 aliphatic carbocycles. The highest BCUT2D eigenvalue weighted by atomic mass is 16.6. The van der Waals surface area contributed by atoms with E-state index in [1.165, 1.54) is 6.92 Å². The summed E-state index contributed by atoms with van der Waals surface area (Å²) in [6, 6.07) is 7.45. The van der Waals surface area contributed by atoms with Crippen molar-refractivity contribution in [3.05, 3.63) is 29.8 Å². The fourth-order valence-electron chi connectivity index (χ4n) is 2.88. The number of unbranched alkanes of at least 4 members (excludes halogenated alkanes) is 2.